The van der Waals surface area contributed by atoms with E-state index >= 15 is 0 Å². The van der Waals surface area contributed by atoms with Crippen LogP contribution in [0.2, 0.25) is 0 Å². The van der Waals surface area contributed by atoms with E-state index in [0.29, 0.717) is 24.0 Å². The summed E-state index contributed by atoms with van der Waals surface area (Å²) in [5.74, 6) is 2.02. The number of carbonyl (C=O) groups is 1. The third-order valence-electron chi connectivity index (χ3n) is 5.76. The molecule has 0 bridgehead atoms. The minimum Gasteiger partial charge on any atom is -0.454 e. The largest absolute Gasteiger partial charge is 0.454 e. The molecular formula is C24H28FN5O3S. The summed E-state index contributed by atoms with van der Waals surface area (Å²) in [5.41, 5.74) is 1.72. The molecule has 8 nitrogen and oxygen atoms in total. The number of hydrogen-bond acceptors (Lipinski definition) is 7. The smallest absolute Gasteiger partial charge is 0.233 e. The molecule has 0 aliphatic carbocycles. The van der Waals surface area contributed by atoms with Crippen LogP contribution in [0.3, 0.4) is 0 Å². The Labute approximate surface area is 202 Å². The van der Waals surface area contributed by atoms with Gasteiger partial charge in [0, 0.05) is 18.8 Å². The highest BCUT2D eigenvalue weighted by atomic mass is 32.2. The number of nitrogens with zero attached hydrogens (tertiary/aromatic N) is 5. The first kappa shape index (κ1) is 24.0. The Bertz CT molecular complexity index is 1150. The van der Waals surface area contributed by atoms with Gasteiger partial charge in [-0.2, -0.15) is 0 Å². The second-order valence-electron chi connectivity index (χ2n) is 8.18. The van der Waals surface area contributed by atoms with Crippen molar-refractivity contribution in [3.8, 4) is 17.2 Å². The van der Waals surface area contributed by atoms with Gasteiger partial charge < -0.3 is 14.4 Å². The van der Waals surface area contributed by atoms with Gasteiger partial charge in [-0.05, 0) is 69.9 Å². The summed E-state index contributed by atoms with van der Waals surface area (Å²) in [5, 5.41) is 9.33. The van der Waals surface area contributed by atoms with Gasteiger partial charge in [-0.15, -0.1) is 10.2 Å². The van der Waals surface area contributed by atoms with Crippen molar-refractivity contribution in [2.45, 2.75) is 31.6 Å². The summed E-state index contributed by atoms with van der Waals surface area (Å²) in [7, 11) is 3.92. The van der Waals surface area contributed by atoms with Gasteiger partial charge in [0.05, 0.1) is 11.8 Å². The van der Waals surface area contributed by atoms with Gasteiger partial charge in [0.1, 0.15) is 5.82 Å². The van der Waals surface area contributed by atoms with Crippen molar-refractivity contribution in [2.24, 2.45) is 0 Å². The molecule has 1 atom stereocenters. The van der Waals surface area contributed by atoms with Crippen LogP contribution >= 0.6 is 11.8 Å². The quantitative estimate of drug-likeness (QED) is 0.426. The molecule has 0 saturated carbocycles. The van der Waals surface area contributed by atoms with Crippen LogP contribution in [0.15, 0.2) is 47.6 Å². The lowest BCUT2D eigenvalue weighted by Crippen LogP contribution is -2.31. The van der Waals surface area contributed by atoms with Crippen molar-refractivity contribution in [1.29, 1.82) is 0 Å². The zero-order valence-corrected chi connectivity index (χ0v) is 20.5. The van der Waals surface area contributed by atoms with Gasteiger partial charge in [0.2, 0.25) is 12.7 Å². The molecule has 0 fully saturated rings. The topological polar surface area (TPSA) is 72.7 Å². The van der Waals surface area contributed by atoms with Crippen molar-refractivity contribution in [1.82, 2.24) is 24.6 Å². The summed E-state index contributed by atoms with van der Waals surface area (Å²) in [4.78, 5) is 16.9. The van der Waals surface area contributed by atoms with E-state index in [0.717, 1.165) is 22.8 Å². The van der Waals surface area contributed by atoms with E-state index < -0.39 is 0 Å². The van der Waals surface area contributed by atoms with Crippen LogP contribution in [0.5, 0.6) is 11.5 Å². The maximum atomic E-state index is 13.5. The summed E-state index contributed by atoms with van der Waals surface area (Å²) in [6.45, 7) is 5.23. The molecule has 180 valence electrons. The second-order valence-corrected chi connectivity index (χ2v) is 9.12. The van der Waals surface area contributed by atoms with Crippen molar-refractivity contribution in [3.63, 3.8) is 0 Å². The molecule has 2 aromatic carbocycles. The van der Waals surface area contributed by atoms with Crippen molar-refractivity contribution in [3.05, 3.63) is 59.7 Å². The van der Waals surface area contributed by atoms with Crippen LogP contribution in [0.1, 0.15) is 31.3 Å². The van der Waals surface area contributed by atoms with E-state index in [-0.39, 0.29) is 30.3 Å². The predicted octanol–water partition coefficient (Wildman–Crippen LogP) is 3.90. The van der Waals surface area contributed by atoms with E-state index in [4.69, 9.17) is 9.47 Å². The average Bonchev–Trinajstić information content (AvgIpc) is 3.47. The minimum absolute atomic E-state index is 0.0129. The molecule has 1 unspecified atom stereocenters. The van der Waals surface area contributed by atoms with Crippen LogP contribution in [-0.2, 0) is 11.3 Å². The van der Waals surface area contributed by atoms with Crippen molar-refractivity contribution < 1.29 is 18.7 Å². The van der Waals surface area contributed by atoms with Crippen molar-refractivity contribution >= 4 is 17.7 Å². The molecular weight excluding hydrogens is 457 g/mol. The SMILES string of the molecule is CCN(Cc1ccc2c(c1)OCO2)C(=O)CSc1nnc(C(C)N(C)C)n1-c1ccc(F)cc1. The van der Waals surface area contributed by atoms with Gasteiger partial charge in [-0.3, -0.25) is 14.3 Å². The average molecular weight is 486 g/mol. The fourth-order valence-electron chi connectivity index (χ4n) is 3.56. The molecule has 10 heteroatoms. The first-order valence-corrected chi connectivity index (χ1v) is 12.0. The monoisotopic (exact) mass is 485 g/mol. The zero-order valence-electron chi connectivity index (χ0n) is 19.7. The first-order valence-electron chi connectivity index (χ1n) is 11.0. The first-order chi connectivity index (χ1) is 16.4. The number of benzene rings is 2. The molecule has 1 aromatic heterocycles. The number of hydrogen-bond donors (Lipinski definition) is 0. The van der Waals surface area contributed by atoms with E-state index in [9.17, 15) is 9.18 Å². The Morgan fingerprint density at radius 2 is 1.88 bits per heavy atom. The van der Waals surface area contributed by atoms with Crippen LogP contribution in [-0.4, -0.2) is 63.7 Å². The van der Waals surface area contributed by atoms with Crippen LogP contribution in [0.4, 0.5) is 4.39 Å². The number of amides is 1. The molecule has 0 N–H and O–H groups in total. The van der Waals surface area contributed by atoms with Gasteiger partial charge in [-0.25, -0.2) is 4.39 Å². The molecule has 0 saturated heterocycles. The van der Waals surface area contributed by atoms with E-state index in [1.165, 1.54) is 23.9 Å². The lowest BCUT2D eigenvalue weighted by Gasteiger charge is -2.22. The van der Waals surface area contributed by atoms with E-state index in [1.807, 2.05) is 55.6 Å². The van der Waals surface area contributed by atoms with Gasteiger partial charge in [0.15, 0.2) is 22.5 Å². The maximum absolute atomic E-state index is 13.5. The summed E-state index contributed by atoms with van der Waals surface area (Å²) in [6.07, 6.45) is 0. The normalized spacial score (nSPS) is 13.4. The molecule has 0 radical (unpaired) electrons. The standard InChI is InChI=1S/C24H28FN5O3S/c1-5-29(13-17-6-11-20-21(12-17)33-15-32-20)22(31)14-34-24-27-26-23(16(2)28(3)4)30(24)19-9-7-18(25)8-10-19/h6-12,16H,5,13-15H2,1-4H3. The van der Waals surface area contributed by atoms with E-state index in [2.05, 4.69) is 10.2 Å². The molecule has 34 heavy (non-hydrogen) atoms. The summed E-state index contributed by atoms with van der Waals surface area (Å²) in [6, 6.07) is 11.9. The summed E-state index contributed by atoms with van der Waals surface area (Å²) < 4.78 is 26.2. The zero-order chi connectivity index (χ0) is 24.2. The highest BCUT2D eigenvalue weighted by Gasteiger charge is 2.23. The Kier molecular flexibility index (Phi) is 7.38. The van der Waals surface area contributed by atoms with E-state index in [1.54, 1.807) is 17.0 Å². The number of thioether (sulfide) groups is 1. The minimum atomic E-state index is -0.314. The highest BCUT2D eigenvalue weighted by Crippen LogP contribution is 2.33. The number of rotatable bonds is 9. The number of ether oxygens (including phenoxy) is 2. The predicted molar refractivity (Wildman–Crippen MR) is 128 cm³/mol. The Balaban J connectivity index is 1.50. The molecule has 1 amide bonds. The molecule has 3 aromatic rings. The Hall–Kier alpha value is -3.11. The molecule has 1 aliphatic heterocycles. The number of fused-ring (bicyclic) bond motifs is 1. The molecule has 4 rings (SSSR count). The lowest BCUT2D eigenvalue weighted by atomic mass is 10.2. The highest BCUT2D eigenvalue weighted by molar-refractivity contribution is 7.99. The molecule has 2 heterocycles. The van der Waals surface area contributed by atoms with Crippen LogP contribution < -0.4 is 9.47 Å². The number of halogens is 1. The van der Waals surface area contributed by atoms with Crippen LogP contribution in [0.25, 0.3) is 5.69 Å². The van der Waals surface area contributed by atoms with Gasteiger partial charge in [0.25, 0.3) is 0 Å². The molecule has 1 aliphatic rings. The Morgan fingerprint density at radius 3 is 2.59 bits per heavy atom. The Morgan fingerprint density at radius 1 is 1.15 bits per heavy atom. The van der Waals surface area contributed by atoms with Gasteiger partial charge >= 0.3 is 0 Å². The fourth-order valence-corrected chi connectivity index (χ4v) is 4.42. The maximum Gasteiger partial charge on any atom is 0.233 e. The number of carbonyl (C=O) groups excluding carboxylic acids is 1. The third-order valence-corrected chi connectivity index (χ3v) is 6.67. The van der Waals surface area contributed by atoms with Gasteiger partial charge in [-0.1, -0.05) is 17.8 Å². The summed E-state index contributed by atoms with van der Waals surface area (Å²) >= 11 is 1.32. The molecule has 0 spiro atoms. The van der Waals surface area contributed by atoms with Crippen LogP contribution in [0, 0.1) is 5.82 Å². The third kappa shape index (κ3) is 5.18. The van der Waals surface area contributed by atoms with Crippen molar-refractivity contribution in [2.75, 3.05) is 33.2 Å². The number of aromatic nitrogens is 3. The fraction of sp³-hybridized carbons (Fsp3) is 0.375. The second kappa shape index (κ2) is 10.4. The lowest BCUT2D eigenvalue weighted by molar-refractivity contribution is -0.128.